The molecule has 0 amide bonds. The minimum absolute atomic E-state index is 0.433. The molecular weight excluding hydrogens is 342 g/mol. The Balaban J connectivity index is 1.73. The van der Waals surface area contributed by atoms with Crippen LogP contribution in [0.5, 0.6) is 0 Å². The number of thiophene rings is 1. The molecule has 1 aliphatic carbocycles. The van der Waals surface area contributed by atoms with Gasteiger partial charge in [-0.3, -0.25) is 0 Å². The van der Waals surface area contributed by atoms with Crippen molar-refractivity contribution in [2.24, 2.45) is 0 Å². The van der Waals surface area contributed by atoms with E-state index in [4.69, 9.17) is 0 Å². The summed E-state index contributed by atoms with van der Waals surface area (Å²) in [5.74, 6) is 0. The van der Waals surface area contributed by atoms with Crippen molar-refractivity contribution in [2.45, 2.75) is 25.3 Å². The predicted octanol–water partition coefficient (Wildman–Crippen LogP) is 6.15. The second-order valence-corrected chi connectivity index (χ2v) is 8.06. The third-order valence-electron chi connectivity index (χ3n) is 4.20. The van der Waals surface area contributed by atoms with Gasteiger partial charge in [0.2, 0.25) is 0 Å². The largest absolute Gasteiger partial charge is 0.378 e. The molecule has 1 nitrogen and oxygen atoms in total. The van der Waals surface area contributed by atoms with Crippen LogP contribution in [-0.4, -0.2) is 0 Å². The van der Waals surface area contributed by atoms with Gasteiger partial charge in [0.05, 0.1) is 9.83 Å². The first kappa shape index (κ1) is 13.4. The Morgan fingerprint density at radius 2 is 1.95 bits per heavy atom. The van der Waals surface area contributed by atoms with Gasteiger partial charge in [-0.05, 0) is 58.3 Å². The van der Waals surface area contributed by atoms with Crippen molar-refractivity contribution in [3.63, 3.8) is 0 Å². The first-order valence-electron chi connectivity index (χ1n) is 7.34. The van der Waals surface area contributed by atoms with E-state index in [1.807, 2.05) is 11.3 Å². The van der Waals surface area contributed by atoms with Crippen LogP contribution in [0.4, 0.5) is 5.69 Å². The molecule has 1 aromatic heterocycles. The van der Waals surface area contributed by atoms with E-state index in [0.717, 1.165) is 0 Å². The number of fused-ring (bicyclic) bond motifs is 2. The highest BCUT2D eigenvalue weighted by atomic mass is 79.9. The fraction of sp³-hybridized carbons (Fsp3) is 0.222. The van der Waals surface area contributed by atoms with Gasteiger partial charge in [-0.25, -0.2) is 0 Å². The van der Waals surface area contributed by atoms with Crippen LogP contribution < -0.4 is 5.32 Å². The van der Waals surface area contributed by atoms with E-state index in [1.54, 1.807) is 0 Å². The number of nitrogens with one attached hydrogen (secondary N) is 1. The van der Waals surface area contributed by atoms with Crippen LogP contribution in [0.1, 0.15) is 29.3 Å². The van der Waals surface area contributed by atoms with Crippen molar-refractivity contribution >= 4 is 43.7 Å². The summed E-state index contributed by atoms with van der Waals surface area (Å²) in [4.78, 5) is 1.53. The van der Waals surface area contributed by atoms with Gasteiger partial charge in [0, 0.05) is 16.0 Å². The summed E-state index contributed by atoms with van der Waals surface area (Å²) in [5, 5.41) is 6.38. The van der Waals surface area contributed by atoms with Gasteiger partial charge in [0.1, 0.15) is 0 Å². The van der Waals surface area contributed by atoms with Crippen molar-refractivity contribution in [3.05, 3.63) is 62.8 Å². The Hall–Kier alpha value is -1.32. The first-order valence-corrected chi connectivity index (χ1v) is 8.94. The molecule has 3 heteroatoms. The second kappa shape index (κ2) is 5.47. The molecule has 0 fully saturated rings. The number of hydrogen-bond acceptors (Lipinski definition) is 2. The van der Waals surface area contributed by atoms with Crippen LogP contribution in [0.3, 0.4) is 0 Å². The fourth-order valence-corrected chi connectivity index (χ4v) is 5.03. The lowest BCUT2D eigenvalue weighted by molar-refractivity contribution is 0.609. The summed E-state index contributed by atoms with van der Waals surface area (Å²) < 4.78 is 1.25. The molecule has 0 saturated heterocycles. The maximum Gasteiger partial charge on any atom is 0.0705 e. The van der Waals surface area contributed by atoms with Crippen LogP contribution in [0.25, 0.3) is 10.8 Å². The summed E-state index contributed by atoms with van der Waals surface area (Å²) in [7, 11) is 0. The number of rotatable bonds is 2. The average molecular weight is 358 g/mol. The maximum atomic E-state index is 3.78. The molecule has 0 saturated carbocycles. The van der Waals surface area contributed by atoms with Crippen LogP contribution in [-0.2, 0) is 6.42 Å². The predicted molar refractivity (Wildman–Crippen MR) is 95.3 cm³/mol. The Kier molecular flexibility index (Phi) is 3.48. The minimum Gasteiger partial charge on any atom is -0.378 e. The number of anilines is 1. The highest BCUT2D eigenvalue weighted by molar-refractivity contribution is 9.11. The Morgan fingerprint density at radius 1 is 1.10 bits per heavy atom. The van der Waals surface area contributed by atoms with Gasteiger partial charge in [0.25, 0.3) is 0 Å². The van der Waals surface area contributed by atoms with Crippen molar-refractivity contribution < 1.29 is 0 Å². The Morgan fingerprint density at radius 3 is 2.90 bits per heavy atom. The number of aryl methyl sites for hydroxylation is 1. The zero-order chi connectivity index (χ0) is 14.2. The second-order valence-electron chi connectivity index (χ2n) is 5.54. The van der Waals surface area contributed by atoms with Gasteiger partial charge >= 0.3 is 0 Å². The van der Waals surface area contributed by atoms with Gasteiger partial charge < -0.3 is 5.32 Å². The van der Waals surface area contributed by atoms with Crippen LogP contribution in [0.15, 0.2) is 52.3 Å². The van der Waals surface area contributed by atoms with E-state index in [9.17, 15) is 0 Å². The van der Waals surface area contributed by atoms with Crippen molar-refractivity contribution in [2.75, 3.05) is 5.32 Å². The van der Waals surface area contributed by atoms with E-state index in [-0.39, 0.29) is 0 Å². The smallest absolute Gasteiger partial charge is 0.0705 e. The van der Waals surface area contributed by atoms with Gasteiger partial charge in [-0.2, -0.15) is 0 Å². The number of benzene rings is 2. The van der Waals surface area contributed by atoms with Crippen molar-refractivity contribution in [3.8, 4) is 0 Å². The molecule has 4 rings (SSSR count). The summed E-state index contributed by atoms with van der Waals surface area (Å²) in [6.07, 6.45) is 3.70. The minimum atomic E-state index is 0.433. The highest BCUT2D eigenvalue weighted by Crippen LogP contribution is 2.40. The highest BCUT2D eigenvalue weighted by Gasteiger charge is 2.22. The lowest BCUT2D eigenvalue weighted by Crippen LogP contribution is -2.15. The number of halogens is 1. The molecular formula is C18H16BrNS. The third-order valence-corrected chi connectivity index (χ3v) is 5.92. The zero-order valence-electron chi connectivity index (χ0n) is 11.6. The summed E-state index contributed by atoms with van der Waals surface area (Å²) in [6.45, 7) is 0. The molecule has 106 valence electrons. The molecule has 0 spiro atoms. The molecule has 0 aliphatic heterocycles. The molecule has 1 atom stereocenters. The lowest BCUT2D eigenvalue weighted by atomic mass is 9.93. The van der Waals surface area contributed by atoms with Gasteiger partial charge in [-0.15, -0.1) is 11.3 Å². The molecule has 3 aromatic rings. The fourth-order valence-electron chi connectivity index (χ4n) is 3.21. The summed E-state index contributed by atoms with van der Waals surface area (Å²) >= 11 is 5.52. The SMILES string of the molecule is Brc1cc2c(s1)CCCC2Nc1cccc2ccccc12. The zero-order valence-corrected chi connectivity index (χ0v) is 14.0. The van der Waals surface area contributed by atoms with Gasteiger partial charge in [-0.1, -0.05) is 36.4 Å². The molecule has 1 N–H and O–H groups in total. The monoisotopic (exact) mass is 357 g/mol. The standard InChI is InChI=1S/C18H16BrNS/c19-18-11-14-16(9-4-10-17(14)21-18)20-15-8-3-6-12-5-1-2-7-13(12)15/h1-3,5-8,11,16,20H,4,9-10H2. The molecule has 21 heavy (non-hydrogen) atoms. The molecule has 1 aliphatic rings. The topological polar surface area (TPSA) is 12.0 Å². The Labute approximate surface area is 137 Å². The molecule has 0 bridgehead atoms. The van der Waals surface area contributed by atoms with E-state index in [2.05, 4.69) is 69.8 Å². The molecule has 2 aromatic carbocycles. The molecule has 1 unspecified atom stereocenters. The maximum absolute atomic E-state index is 3.78. The average Bonchev–Trinajstić information content (AvgIpc) is 2.89. The van der Waals surface area contributed by atoms with Crippen LogP contribution >= 0.6 is 27.3 Å². The molecule has 0 radical (unpaired) electrons. The quantitative estimate of drug-likeness (QED) is 0.579. The van der Waals surface area contributed by atoms with Crippen molar-refractivity contribution in [1.29, 1.82) is 0 Å². The number of hydrogen-bond donors (Lipinski definition) is 1. The summed E-state index contributed by atoms with van der Waals surface area (Å²) in [5.41, 5.74) is 2.72. The van der Waals surface area contributed by atoms with Crippen LogP contribution in [0, 0.1) is 0 Å². The first-order chi connectivity index (χ1) is 10.3. The van der Waals surface area contributed by atoms with Gasteiger partial charge in [0.15, 0.2) is 0 Å². The molecule has 1 heterocycles. The third kappa shape index (κ3) is 2.49. The van der Waals surface area contributed by atoms with E-state index < -0.39 is 0 Å². The van der Waals surface area contributed by atoms with E-state index in [0.29, 0.717) is 6.04 Å². The Bertz CT molecular complexity index is 788. The summed E-state index contributed by atoms with van der Waals surface area (Å²) in [6, 6.07) is 17.8. The van der Waals surface area contributed by atoms with Crippen molar-refractivity contribution in [1.82, 2.24) is 0 Å². The van der Waals surface area contributed by atoms with Crippen LogP contribution in [0.2, 0.25) is 0 Å². The lowest BCUT2D eigenvalue weighted by Gasteiger charge is -2.25. The van der Waals surface area contributed by atoms with E-state index in [1.165, 1.54) is 49.9 Å². The normalized spacial score (nSPS) is 17.7. The van der Waals surface area contributed by atoms with E-state index >= 15 is 0 Å².